The monoisotopic (exact) mass is 379 g/mol. The minimum atomic E-state index is -0.471. The van der Waals surface area contributed by atoms with Crippen LogP contribution < -0.4 is 5.32 Å². The van der Waals surface area contributed by atoms with Crippen LogP contribution >= 0.6 is 23.2 Å². The van der Waals surface area contributed by atoms with Crippen LogP contribution in [0.25, 0.3) is 0 Å². The van der Waals surface area contributed by atoms with Crippen LogP contribution in [0.4, 0.5) is 5.69 Å². The number of carbonyl (C=O) groups excluding carboxylic acids is 2. The molecule has 3 rings (SSSR count). The Kier molecular flexibility index (Phi) is 5.53. The SMILES string of the molecule is O=C(Nc1cccc(Cl)c1Cl)c1cc(C(=O)N2CCOCC2)ccn1. The van der Waals surface area contributed by atoms with Crippen molar-refractivity contribution in [1.82, 2.24) is 9.88 Å². The van der Waals surface area contributed by atoms with Crippen molar-refractivity contribution in [2.45, 2.75) is 0 Å². The average molecular weight is 380 g/mol. The normalized spacial score (nSPS) is 14.2. The summed E-state index contributed by atoms with van der Waals surface area (Å²) >= 11 is 12.0. The first-order valence-electron chi connectivity index (χ1n) is 7.64. The number of nitrogens with zero attached hydrogens (tertiary/aromatic N) is 2. The van der Waals surface area contributed by atoms with Gasteiger partial charge in [-0.1, -0.05) is 29.3 Å². The van der Waals surface area contributed by atoms with Crippen molar-refractivity contribution in [3.63, 3.8) is 0 Å². The molecule has 1 aliphatic heterocycles. The lowest BCUT2D eigenvalue weighted by molar-refractivity contribution is 0.0303. The molecular weight excluding hydrogens is 365 g/mol. The molecule has 25 heavy (non-hydrogen) atoms. The number of pyridine rings is 1. The van der Waals surface area contributed by atoms with E-state index >= 15 is 0 Å². The summed E-state index contributed by atoms with van der Waals surface area (Å²) in [6.07, 6.45) is 1.43. The number of carbonyl (C=O) groups is 2. The molecule has 1 saturated heterocycles. The molecule has 6 nitrogen and oxygen atoms in total. The Balaban J connectivity index is 1.77. The molecule has 8 heteroatoms. The molecule has 0 spiro atoms. The number of aromatic nitrogens is 1. The molecule has 0 aliphatic carbocycles. The predicted molar refractivity (Wildman–Crippen MR) is 95.4 cm³/mol. The Labute approximate surface area is 154 Å². The first kappa shape index (κ1) is 17.7. The van der Waals surface area contributed by atoms with Crippen LogP contribution in [0.2, 0.25) is 10.0 Å². The summed E-state index contributed by atoms with van der Waals surface area (Å²) in [5, 5.41) is 3.24. The van der Waals surface area contributed by atoms with E-state index in [9.17, 15) is 9.59 Å². The third kappa shape index (κ3) is 4.10. The number of benzene rings is 1. The molecular formula is C17H15Cl2N3O3. The molecule has 0 saturated carbocycles. The highest BCUT2D eigenvalue weighted by molar-refractivity contribution is 6.44. The van der Waals surface area contributed by atoms with E-state index in [1.807, 2.05) is 0 Å². The van der Waals surface area contributed by atoms with Crippen molar-refractivity contribution in [2.24, 2.45) is 0 Å². The van der Waals surface area contributed by atoms with Gasteiger partial charge in [0.25, 0.3) is 11.8 Å². The number of nitrogens with one attached hydrogen (secondary N) is 1. The van der Waals surface area contributed by atoms with Gasteiger partial charge in [0.2, 0.25) is 0 Å². The summed E-state index contributed by atoms with van der Waals surface area (Å²) < 4.78 is 5.24. The average Bonchev–Trinajstić information content (AvgIpc) is 2.65. The van der Waals surface area contributed by atoms with E-state index in [1.54, 1.807) is 29.2 Å². The molecule has 1 fully saturated rings. The highest BCUT2D eigenvalue weighted by atomic mass is 35.5. The second kappa shape index (κ2) is 7.82. The largest absolute Gasteiger partial charge is 0.378 e. The van der Waals surface area contributed by atoms with Gasteiger partial charge in [-0.3, -0.25) is 14.6 Å². The van der Waals surface area contributed by atoms with E-state index in [1.165, 1.54) is 12.3 Å². The number of morpholine rings is 1. The van der Waals surface area contributed by atoms with Gasteiger partial charge in [-0.15, -0.1) is 0 Å². The van der Waals surface area contributed by atoms with Crippen molar-refractivity contribution < 1.29 is 14.3 Å². The van der Waals surface area contributed by atoms with Crippen LogP contribution in [-0.2, 0) is 4.74 Å². The Morgan fingerprint density at radius 1 is 1.16 bits per heavy atom. The van der Waals surface area contributed by atoms with Gasteiger partial charge < -0.3 is 15.0 Å². The number of rotatable bonds is 3. The Morgan fingerprint density at radius 2 is 1.92 bits per heavy atom. The Morgan fingerprint density at radius 3 is 2.68 bits per heavy atom. The maximum absolute atomic E-state index is 12.5. The molecule has 0 unspecified atom stereocenters. The van der Waals surface area contributed by atoms with Crippen LogP contribution in [0.15, 0.2) is 36.5 Å². The predicted octanol–water partition coefficient (Wildman–Crippen LogP) is 3.11. The molecule has 0 atom stereocenters. The summed E-state index contributed by atoms with van der Waals surface area (Å²) in [5.41, 5.74) is 0.903. The zero-order valence-electron chi connectivity index (χ0n) is 13.2. The second-order valence-electron chi connectivity index (χ2n) is 5.39. The smallest absolute Gasteiger partial charge is 0.274 e. The van der Waals surface area contributed by atoms with E-state index in [4.69, 9.17) is 27.9 Å². The lowest BCUT2D eigenvalue weighted by atomic mass is 10.2. The van der Waals surface area contributed by atoms with Crippen molar-refractivity contribution in [3.05, 3.63) is 57.8 Å². The van der Waals surface area contributed by atoms with Gasteiger partial charge in [0.05, 0.1) is 28.9 Å². The molecule has 1 aromatic heterocycles. The third-order valence-corrected chi connectivity index (χ3v) is 4.56. The van der Waals surface area contributed by atoms with E-state index in [0.29, 0.717) is 42.6 Å². The second-order valence-corrected chi connectivity index (χ2v) is 6.17. The van der Waals surface area contributed by atoms with Crippen molar-refractivity contribution in [3.8, 4) is 0 Å². The summed E-state index contributed by atoms with van der Waals surface area (Å²) in [6.45, 7) is 2.08. The molecule has 2 aromatic rings. The quantitative estimate of drug-likeness (QED) is 0.888. The van der Waals surface area contributed by atoms with E-state index in [2.05, 4.69) is 10.3 Å². The summed E-state index contributed by atoms with van der Waals surface area (Å²) in [7, 11) is 0. The maximum Gasteiger partial charge on any atom is 0.274 e. The van der Waals surface area contributed by atoms with Gasteiger partial charge in [-0.25, -0.2) is 0 Å². The molecule has 0 bridgehead atoms. The number of hydrogen-bond acceptors (Lipinski definition) is 4. The first-order valence-corrected chi connectivity index (χ1v) is 8.40. The van der Waals surface area contributed by atoms with Gasteiger partial charge in [-0.2, -0.15) is 0 Å². The number of amides is 2. The molecule has 130 valence electrons. The van der Waals surface area contributed by atoms with Gasteiger partial charge in [0.15, 0.2) is 0 Å². The van der Waals surface area contributed by atoms with E-state index < -0.39 is 5.91 Å². The van der Waals surface area contributed by atoms with Crippen molar-refractivity contribution in [2.75, 3.05) is 31.6 Å². The maximum atomic E-state index is 12.5. The van der Waals surface area contributed by atoms with Crippen LogP contribution in [0.1, 0.15) is 20.8 Å². The van der Waals surface area contributed by atoms with Crippen LogP contribution in [-0.4, -0.2) is 48.0 Å². The molecule has 1 aliphatic rings. The topological polar surface area (TPSA) is 71.5 Å². The highest BCUT2D eigenvalue weighted by Crippen LogP contribution is 2.29. The molecule has 2 heterocycles. The molecule has 2 amide bonds. The van der Waals surface area contributed by atoms with E-state index in [-0.39, 0.29) is 16.6 Å². The third-order valence-electron chi connectivity index (χ3n) is 3.74. The van der Waals surface area contributed by atoms with Gasteiger partial charge >= 0.3 is 0 Å². The highest BCUT2D eigenvalue weighted by Gasteiger charge is 2.20. The van der Waals surface area contributed by atoms with Crippen molar-refractivity contribution >= 4 is 40.7 Å². The van der Waals surface area contributed by atoms with Gasteiger partial charge in [-0.05, 0) is 24.3 Å². The van der Waals surface area contributed by atoms with Crippen molar-refractivity contribution in [1.29, 1.82) is 0 Å². The zero-order valence-corrected chi connectivity index (χ0v) is 14.7. The van der Waals surface area contributed by atoms with E-state index in [0.717, 1.165) is 0 Å². The number of anilines is 1. The molecule has 0 radical (unpaired) electrons. The zero-order chi connectivity index (χ0) is 17.8. The molecule has 1 aromatic carbocycles. The lowest BCUT2D eigenvalue weighted by Crippen LogP contribution is -2.40. The standard InChI is InChI=1S/C17H15Cl2N3O3/c18-12-2-1-3-13(15(12)19)21-16(23)14-10-11(4-5-20-14)17(24)22-6-8-25-9-7-22/h1-5,10H,6-9H2,(H,21,23). The van der Waals surface area contributed by atoms with Crippen LogP contribution in [0, 0.1) is 0 Å². The fraction of sp³-hybridized carbons (Fsp3) is 0.235. The number of hydrogen-bond donors (Lipinski definition) is 1. The number of halogens is 2. The molecule has 1 N–H and O–H groups in total. The van der Waals surface area contributed by atoms with Crippen LogP contribution in [0.5, 0.6) is 0 Å². The summed E-state index contributed by atoms with van der Waals surface area (Å²) in [5.74, 6) is -0.624. The first-order chi connectivity index (χ1) is 12.1. The summed E-state index contributed by atoms with van der Waals surface area (Å²) in [4.78, 5) is 30.6. The fourth-order valence-electron chi connectivity index (χ4n) is 2.42. The van der Waals surface area contributed by atoms with Gasteiger partial charge in [0, 0.05) is 24.8 Å². The van der Waals surface area contributed by atoms with Gasteiger partial charge in [0.1, 0.15) is 5.69 Å². The fourth-order valence-corrected chi connectivity index (χ4v) is 2.77. The Hall–Kier alpha value is -2.15. The number of ether oxygens (including phenoxy) is 1. The minimum absolute atomic E-state index is 0.121. The minimum Gasteiger partial charge on any atom is -0.378 e. The lowest BCUT2D eigenvalue weighted by Gasteiger charge is -2.26. The van der Waals surface area contributed by atoms with Crippen LogP contribution in [0.3, 0.4) is 0 Å². The Bertz CT molecular complexity index is 807. The summed E-state index contributed by atoms with van der Waals surface area (Å²) in [6, 6.07) is 7.98.